The molecule has 1 fully saturated rings. The Hall–Kier alpha value is -1.40. The highest BCUT2D eigenvalue weighted by Gasteiger charge is 2.22. The lowest BCUT2D eigenvalue weighted by molar-refractivity contribution is -0.144. The lowest BCUT2D eigenvalue weighted by Gasteiger charge is -2.32. The highest BCUT2D eigenvalue weighted by Crippen LogP contribution is 2.21. The number of rotatable bonds is 7. The molecule has 6 heteroatoms. The Kier molecular flexibility index (Phi) is 6.59. The van der Waals surface area contributed by atoms with Crippen molar-refractivity contribution in [1.29, 1.82) is 0 Å². The van der Waals surface area contributed by atoms with Crippen molar-refractivity contribution in [2.24, 2.45) is 5.92 Å². The molecule has 23 heavy (non-hydrogen) atoms. The van der Waals surface area contributed by atoms with Gasteiger partial charge in [-0.25, -0.2) is 0 Å². The molecule has 0 amide bonds. The van der Waals surface area contributed by atoms with Gasteiger partial charge in [0.05, 0.1) is 12.3 Å². The Morgan fingerprint density at radius 1 is 1.43 bits per heavy atom. The van der Waals surface area contributed by atoms with Gasteiger partial charge in [0.15, 0.2) is 0 Å². The van der Waals surface area contributed by atoms with Crippen LogP contribution < -0.4 is 5.32 Å². The Bertz CT molecular complexity index is 525. The molecule has 1 unspecified atom stereocenters. The number of nitrogens with zero attached hydrogens (tertiary/aromatic N) is 3. The van der Waals surface area contributed by atoms with Gasteiger partial charge < -0.3 is 10.1 Å². The summed E-state index contributed by atoms with van der Waals surface area (Å²) in [6.07, 6.45) is 2.55. The van der Waals surface area contributed by atoms with E-state index in [-0.39, 0.29) is 12.5 Å². The second-order valence-electron chi connectivity index (χ2n) is 6.41. The van der Waals surface area contributed by atoms with E-state index in [1.165, 1.54) is 18.4 Å². The molecule has 1 atom stereocenters. The van der Waals surface area contributed by atoms with Crippen LogP contribution in [0, 0.1) is 19.8 Å². The maximum atomic E-state index is 11.7. The lowest BCUT2D eigenvalue weighted by atomic mass is 9.97. The van der Waals surface area contributed by atoms with Gasteiger partial charge in [0.2, 0.25) is 0 Å². The molecule has 0 saturated carbocycles. The highest BCUT2D eigenvalue weighted by atomic mass is 16.5. The number of likely N-dealkylation sites (tertiary alicyclic amines) is 1. The van der Waals surface area contributed by atoms with E-state index in [1.54, 1.807) is 4.68 Å². The average Bonchev–Trinajstić information content (AvgIpc) is 2.76. The maximum absolute atomic E-state index is 11.7. The minimum atomic E-state index is -0.225. The van der Waals surface area contributed by atoms with Gasteiger partial charge >= 0.3 is 5.97 Å². The van der Waals surface area contributed by atoms with Crippen molar-refractivity contribution in [3.05, 3.63) is 17.0 Å². The number of nitrogens with one attached hydrogen (secondary N) is 1. The van der Waals surface area contributed by atoms with Crippen LogP contribution in [-0.2, 0) is 22.6 Å². The minimum Gasteiger partial charge on any atom is -0.465 e. The van der Waals surface area contributed by atoms with Gasteiger partial charge in [-0.3, -0.25) is 14.4 Å². The molecule has 1 aliphatic heterocycles. The van der Waals surface area contributed by atoms with E-state index in [4.69, 9.17) is 4.74 Å². The summed E-state index contributed by atoms with van der Waals surface area (Å²) in [6, 6.07) is 0. The van der Waals surface area contributed by atoms with Crippen LogP contribution in [0.15, 0.2) is 0 Å². The molecule has 0 spiro atoms. The van der Waals surface area contributed by atoms with Gasteiger partial charge in [-0.05, 0) is 59.7 Å². The first-order chi connectivity index (χ1) is 11.0. The average molecular weight is 322 g/mol. The molecule has 2 rings (SSSR count). The van der Waals surface area contributed by atoms with E-state index < -0.39 is 0 Å². The first-order valence-electron chi connectivity index (χ1n) is 8.60. The van der Waals surface area contributed by atoms with Crippen molar-refractivity contribution in [3.63, 3.8) is 0 Å². The number of carbonyl (C=O) groups excluding carboxylic acids is 1. The van der Waals surface area contributed by atoms with Crippen molar-refractivity contribution >= 4 is 5.97 Å². The van der Waals surface area contributed by atoms with Crippen molar-refractivity contribution < 1.29 is 9.53 Å². The van der Waals surface area contributed by atoms with Crippen molar-refractivity contribution in [3.8, 4) is 0 Å². The summed E-state index contributed by atoms with van der Waals surface area (Å²) in [5.74, 6) is 0.501. The monoisotopic (exact) mass is 322 g/mol. The fourth-order valence-corrected chi connectivity index (χ4v) is 3.42. The van der Waals surface area contributed by atoms with Crippen LogP contribution in [0.25, 0.3) is 0 Å². The van der Waals surface area contributed by atoms with E-state index in [1.807, 2.05) is 27.8 Å². The highest BCUT2D eigenvalue weighted by molar-refractivity contribution is 5.69. The molecular formula is C17H30N4O2. The third-order valence-electron chi connectivity index (χ3n) is 4.59. The minimum absolute atomic E-state index is 0.197. The number of carbonyl (C=O) groups is 1. The summed E-state index contributed by atoms with van der Waals surface area (Å²) in [5, 5.41) is 7.82. The molecule has 1 aliphatic rings. The smallest absolute Gasteiger partial charge is 0.327 e. The van der Waals surface area contributed by atoms with Gasteiger partial charge in [0.25, 0.3) is 0 Å². The number of aryl methyl sites for hydroxylation is 1. The molecule has 1 aromatic heterocycles. The fourth-order valence-electron chi connectivity index (χ4n) is 3.42. The number of ether oxygens (including phenoxy) is 1. The third-order valence-corrected chi connectivity index (χ3v) is 4.59. The Labute approximate surface area is 139 Å². The zero-order valence-corrected chi connectivity index (χ0v) is 14.9. The molecule has 1 N–H and O–H groups in total. The van der Waals surface area contributed by atoms with Crippen molar-refractivity contribution in [2.45, 2.75) is 46.7 Å². The van der Waals surface area contributed by atoms with Gasteiger partial charge in [-0.15, -0.1) is 0 Å². The zero-order chi connectivity index (χ0) is 16.8. The molecule has 130 valence electrons. The quantitative estimate of drug-likeness (QED) is 0.771. The second kappa shape index (κ2) is 8.45. The zero-order valence-electron chi connectivity index (χ0n) is 14.9. The predicted molar refractivity (Wildman–Crippen MR) is 90.3 cm³/mol. The van der Waals surface area contributed by atoms with Crippen LogP contribution in [-0.4, -0.2) is 53.9 Å². The number of hydrogen-bond donors (Lipinski definition) is 1. The molecule has 2 heterocycles. The van der Waals surface area contributed by atoms with Gasteiger partial charge in [-0.1, -0.05) is 0 Å². The molecule has 1 saturated heterocycles. The second-order valence-corrected chi connectivity index (χ2v) is 6.41. The molecule has 0 aliphatic carbocycles. The number of hydrogen-bond acceptors (Lipinski definition) is 5. The summed E-state index contributed by atoms with van der Waals surface area (Å²) in [5.41, 5.74) is 3.34. The predicted octanol–water partition coefficient (Wildman–Crippen LogP) is 1.49. The molecule has 0 bridgehead atoms. The topological polar surface area (TPSA) is 59.4 Å². The molecule has 1 aromatic rings. The normalized spacial score (nSPS) is 19.0. The van der Waals surface area contributed by atoms with Crippen LogP contribution in [0.4, 0.5) is 0 Å². The summed E-state index contributed by atoms with van der Waals surface area (Å²) in [6.45, 7) is 10.8. The van der Waals surface area contributed by atoms with Crippen molar-refractivity contribution in [2.75, 3.05) is 33.3 Å². The molecule has 6 nitrogen and oxygen atoms in total. The lowest BCUT2D eigenvalue weighted by Crippen LogP contribution is -2.38. The summed E-state index contributed by atoms with van der Waals surface area (Å²) < 4.78 is 6.80. The summed E-state index contributed by atoms with van der Waals surface area (Å²) >= 11 is 0. The van der Waals surface area contributed by atoms with Gasteiger partial charge in [-0.2, -0.15) is 5.10 Å². The third kappa shape index (κ3) is 4.78. The van der Waals surface area contributed by atoms with Crippen LogP contribution >= 0.6 is 0 Å². The molecule has 0 radical (unpaired) electrons. The molecular weight excluding hydrogens is 292 g/mol. The van der Waals surface area contributed by atoms with Gasteiger partial charge in [0, 0.05) is 24.3 Å². The summed E-state index contributed by atoms with van der Waals surface area (Å²) in [7, 11) is 2.02. The van der Waals surface area contributed by atoms with E-state index in [9.17, 15) is 4.79 Å². The number of esters is 1. The van der Waals surface area contributed by atoms with Crippen LogP contribution in [0.1, 0.15) is 36.7 Å². The maximum Gasteiger partial charge on any atom is 0.327 e. The van der Waals surface area contributed by atoms with Crippen molar-refractivity contribution in [1.82, 2.24) is 20.0 Å². The van der Waals surface area contributed by atoms with E-state index in [0.29, 0.717) is 6.61 Å². The number of piperidine rings is 1. The Balaban J connectivity index is 2.02. The first kappa shape index (κ1) is 17.9. The fraction of sp³-hybridized carbons (Fsp3) is 0.765. The largest absolute Gasteiger partial charge is 0.465 e. The van der Waals surface area contributed by atoms with Crippen LogP contribution in [0.3, 0.4) is 0 Å². The van der Waals surface area contributed by atoms with E-state index in [0.717, 1.165) is 43.5 Å². The first-order valence-corrected chi connectivity index (χ1v) is 8.60. The van der Waals surface area contributed by atoms with Crippen LogP contribution in [0.5, 0.6) is 0 Å². The SMILES string of the molecule is CCOC(=O)Cn1nc(C)c(CN2CCCC(CNC)C2)c1C. The van der Waals surface area contributed by atoms with Crippen LogP contribution in [0.2, 0.25) is 0 Å². The number of aromatic nitrogens is 2. The Morgan fingerprint density at radius 3 is 2.91 bits per heavy atom. The Morgan fingerprint density at radius 2 is 2.22 bits per heavy atom. The van der Waals surface area contributed by atoms with Gasteiger partial charge in [0.1, 0.15) is 6.54 Å². The standard InChI is InChI=1S/C17H30N4O2/c1-5-23-17(22)12-21-14(3)16(13(2)19-21)11-20-8-6-7-15(10-20)9-18-4/h15,18H,5-12H2,1-4H3. The summed E-state index contributed by atoms with van der Waals surface area (Å²) in [4.78, 5) is 14.2. The molecule has 0 aromatic carbocycles. The van der Waals surface area contributed by atoms with E-state index in [2.05, 4.69) is 15.3 Å². The van der Waals surface area contributed by atoms with E-state index >= 15 is 0 Å².